The number of nitrogens with one attached hydrogen (secondary N) is 1. The highest BCUT2D eigenvalue weighted by atomic mass is 16.4. The molecule has 0 bridgehead atoms. The summed E-state index contributed by atoms with van der Waals surface area (Å²) >= 11 is 0. The van der Waals surface area contributed by atoms with Crippen LogP contribution >= 0.6 is 0 Å². The van der Waals surface area contributed by atoms with Gasteiger partial charge in [-0.15, -0.1) is 0 Å². The van der Waals surface area contributed by atoms with Crippen LogP contribution < -0.4 is 10.9 Å². The Labute approximate surface area is 115 Å². The normalized spacial score (nSPS) is 12.1. The fourth-order valence-electron chi connectivity index (χ4n) is 1.79. The minimum absolute atomic E-state index is 0.0450. The molecule has 2 rings (SSSR count). The van der Waals surface area contributed by atoms with Crippen LogP contribution in [0.3, 0.4) is 0 Å². The summed E-state index contributed by atoms with van der Waals surface area (Å²) in [6.07, 6.45) is 0. The first kappa shape index (κ1) is 13.8. The van der Waals surface area contributed by atoms with Gasteiger partial charge in [-0.1, -0.05) is 32.0 Å². The van der Waals surface area contributed by atoms with Gasteiger partial charge < -0.3 is 9.73 Å². The van der Waals surface area contributed by atoms with Crippen LogP contribution in [0.4, 0.5) is 0 Å². The van der Waals surface area contributed by atoms with E-state index in [1.165, 1.54) is 6.07 Å². The van der Waals surface area contributed by atoms with Crippen molar-refractivity contribution >= 4 is 16.9 Å². The largest absolute Gasteiger partial charge is 0.422 e. The standard InChI is InChI=1S/C15H14N2O3/c1-9(2)12(8-16)17-14(18)11-7-10-5-3-4-6-13(10)20-15(11)19/h3-7,9,12H,1-2H3,(H,17,18). The number of hydrogen-bond donors (Lipinski definition) is 1. The van der Waals surface area contributed by atoms with Gasteiger partial charge in [0.25, 0.3) is 5.91 Å². The molecule has 1 N–H and O–H groups in total. The average Bonchev–Trinajstić information content (AvgIpc) is 2.43. The third-order valence-electron chi connectivity index (χ3n) is 2.98. The van der Waals surface area contributed by atoms with Crippen molar-refractivity contribution in [3.8, 4) is 6.07 Å². The van der Waals surface area contributed by atoms with Crippen molar-refractivity contribution in [1.29, 1.82) is 5.26 Å². The number of fused-ring (bicyclic) bond motifs is 1. The topological polar surface area (TPSA) is 83.1 Å². The fraction of sp³-hybridized carbons (Fsp3) is 0.267. The number of nitriles is 1. The highest BCUT2D eigenvalue weighted by Gasteiger charge is 2.19. The summed E-state index contributed by atoms with van der Waals surface area (Å²) in [6, 6.07) is 9.77. The van der Waals surface area contributed by atoms with E-state index in [1.54, 1.807) is 24.3 Å². The van der Waals surface area contributed by atoms with E-state index in [2.05, 4.69) is 5.32 Å². The number of amides is 1. The number of nitrogens with zero attached hydrogens (tertiary/aromatic N) is 1. The van der Waals surface area contributed by atoms with E-state index in [9.17, 15) is 9.59 Å². The van der Waals surface area contributed by atoms with Crippen molar-refractivity contribution in [2.75, 3.05) is 0 Å². The Bertz CT molecular complexity index is 741. The van der Waals surface area contributed by atoms with Gasteiger partial charge in [-0.2, -0.15) is 5.26 Å². The minimum Gasteiger partial charge on any atom is -0.422 e. The molecule has 5 nitrogen and oxygen atoms in total. The molecule has 0 aliphatic rings. The highest BCUT2D eigenvalue weighted by molar-refractivity contribution is 5.96. The maximum Gasteiger partial charge on any atom is 0.349 e. The number of rotatable bonds is 3. The predicted molar refractivity (Wildman–Crippen MR) is 74.2 cm³/mol. The van der Waals surface area contributed by atoms with Gasteiger partial charge in [0, 0.05) is 5.39 Å². The van der Waals surface area contributed by atoms with Crippen LogP contribution in [0.1, 0.15) is 24.2 Å². The maximum atomic E-state index is 12.1. The summed E-state index contributed by atoms with van der Waals surface area (Å²) in [5.41, 5.74) is -0.374. The lowest BCUT2D eigenvalue weighted by Crippen LogP contribution is -2.39. The summed E-state index contributed by atoms with van der Waals surface area (Å²) in [5, 5.41) is 12.2. The zero-order valence-electron chi connectivity index (χ0n) is 11.2. The van der Waals surface area contributed by atoms with E-state index in [4.69, 9.17) is 9.68 Å². The molecular weight excluding hydrogens is 256 g/mol. The smallest absolute Gasteiger partial charge is 0.349 e. The summed E-state index contributed by atoms with van der Waals surface area (Å²) in [6.45, 7) is 3.63. The molecule has 20 heavy (non-hydrogen) atoms. The molecule has 0 aliphatic carbocycles. The summed E-state index contributed by atoms with van der Waals surface area (Å²) in [5.74, 6) is -0.638. The number of carbonyl (C=O) groups excluding carboxylic acids is 1. The van der Waals surface area contributed by atoms with E-state index >= 15 is 0 Å². The van der Waals surface area contributed by atoms with Gasteiger partial charge in [-0.25, -0.2) is 4.79 Å². The molecule has 0 spiro atoms. The van der Waals surface area contributed by atoms with E-state index in [0.29, 0.717) is 11.0 Å². The molecule has 1 heterocycles. The molecular formula is C15H14N2O3. The van der Waals surface area contributed by atoms with Crippen molar-refractivity contribution in [2.24, 2.45) is 5.92 Å². The molecule has 1 amide bonds. The van der Waals surface area contributed by atoms with Crippen LogP contribution in [0.5, 0.6) is 0 Å². The Balaban J connectivity index is 2.38. The number of para-hydroxylation sites is 1. The Morgan fingerprint density at radius 3 is 2.70 bits per heavy atom. The Hall–Kier alpha value is -2.61. The van der Waals surface area contributed by atoms with Crippen LogP contribution in [0.15, 0.2) is 39.5 Å². The fourth-order valence-corrected chi connectivity index (χ4v) is 1.79. The van der Waals surface area contributed by atoms with Gasteiger partial charge in [-0.05, 0) is 18.1 Å². The second-order valence-corrected chi connectivity index (χ2v) is 4.81. The van der Waals surface area contributed by atoms with Crippen molar-refractivity contribution < 1.29 is 9.21 Å². The zero-order valence-corrected chi connectivity index (χ0v) is 11.2. The molecule has 5 heteroatoms. The molecule has 1 aromatic heterocycles. The van der Waals surface area contributed by atoms with Crippen molar-refractivity contribution in [3.05, 3.63) is 46.3 Å². The SMILES string of the molecule is CC(C)C(C#N)NC(=O)c1cc2ccccc2oc1=O. The predicted octanol–water partition coefficient (Wildman–Crippen LogP) is 2.07. The molecule has 1 unspecified atom stereocenters. The molecule has 1 atom stereocenters. The maximum absolute atomic E-state index is 12.1. The second-order valence-electron chi connectivity index (χ2n) is 4.81. The van der Waals surface area contributed by atoms with E-state index < -0.39 is 17.6 Å². The lowest BCUT2D eigenvalue weighted by atomic mass is 10.1. The molecule has 0 fully saturated rings. The van der Waals surface area contributed by atoms with Crippen LogP contribution in [-0.4, -0.2) is 11.9 Å². The van der Waals surface area contributed by atoms with Crippen molar-refractivity contribution in [3.63, 3.8) is 0 Å². The molecule has 102 valence electrons. The molecule has 0 aliphatic heterocycles. The summed E-state index contributed by atoms with van der Waals surface area (Å²) in [7, 11) is 0. The third kappa shape index (κ3) is 2.69. The van der Waals surface area contributed by atoms with Gasteiger partial charge in [0.15, 0.2) is 0 Å². The summed E-state index contributed by atoms with van der Waals surface area (Å²) < 4.78 is 5.09. The first-order valence-corrected chi connectivity index (χ1v) is 6.26. The van der Waals surface area contributed by atoms with Gasteiger partial charge in [0.1, 0.15) is 17.2 Å². The second kappa shape index (κ2) is 5.57. The average molecular weight is 270 g/mol. The first-order valence-electron chi connectivity index (χ1n) is 6.26. The lowest BCUT2D eigenvalue weighted by molar-refractivity contribution is 0.0934. The molecule has 0 radical (unpaired) electrons. The van der Waals surface area contributed by atoms with Gasteiger partial charge in [-0.3, -0.25) is 4.79 Å². The first-order chi connectivity index (χ1) is 9.52. The van der Waals surface area contributed by atoms with Crippen LogP contribution in [-0.2, 0) is 0 Å². The number of benzene rings is 1. The van der Waals surface area contributed by atoms with E-state index in [-0.39, 0.29) is 11.5 Å². The van der Waals surface area contributed by atoms with Crippen molar-refractivity contribution in [2.45, 2.75) is 19.9 Å². The highest BCUT2D eigenvalue weighted by Crippen LogP contribution is 2.12. The summed E-state index contributed by atoms with van der Waals surface area (Å²) in [4.78, 5) is 23.9. The molecule has 0 saturated carbocycles. The Morgan fingerprint density at radius 1 is 1.35 bits per heavy atom. The number of hydrogen-bond acceptors (Lipinski definition) is 4. The van der Waals surface area contributed by atoms with Gasteiger partial charge >= 0.3 is 5.63 Å². The monoisotopic (exact) mass is 270 g/mol. The van der Waals surface area contributed by atoms with Crippen molar-refractivity contribution in [1.82, 2.24) is 5.32 Å². The lowest BCUT2D eigenvalue weighted by Gasteiger charge is -2.14. The zero-order chi connectivity index (χ0) is 14.7. The Morgan fingerprint density at radius 2 is 2.05 bits per heavy atom. The third-order valence-corrected chi connectivity index (χ3v) is 2.98. The minimum atomic E-state index is -0.707. The Kier molecular flexibility index (Phi) is 3.85. The van der Waals surface area contributed by atoms with Crippen LogP contribution in [0.2, 0.25) is 0 Å². The van der Waals surface area contributed by atoms with Gasteiger partial charge in [0.05, 0.1) is 6.07 Å². The van der Waals surface area contributed by atoms with Crippen LogP contribution in [0.25, 0.3) is 11.0 Å². The van der Waals surface area contributed by atoms with Crippen LogP contribution in [0, 0.1) is 17.2 Å². The molecule has 0 saturated heterocycles. The molecule has 2 aromatic rings. The quantitative estimate of drug-likeness (QED) is 0.865. The molecule has 1 aromatic carbocycles. The van der Waals surface area contributed by atoms with Gasteiger partial charge in [0.2, 0.25) is 0 Å². The number of carbonyl (C=O) groups is 1. The van der Waals surface area contributed by atoms with E-state index in [1.807, 2.05) is 19.9 Å². The van der Waals surface area contributed by atoms with E-state index in [0.717, 1.165) is 0 Å².